The van der Waals surface area contributed by atoms with E-state index in [1.54, 1.807) is 23.5 Å². The van der Waals surface area contributed by atoms with E-state index in [0.717, 1.165) is 50.6 Å². The lowest BCUT2D eigenvalue weighted by Crippen LogP contribution is -2.36. The summed E-state index contributed by atoms with van der Waals surface area (Å²) in [5.41, 5.74) is 4.34. The zero-order valence-corrected chi connectivity index (χ0v) is 16.7. The number of aromatic nitrogens is 1. The summed E-state index contributed by atoms with van der Waals surface area (Å²) in [5, 5.41) is 2.14. The summed E-state index contributed by atoms with van der Waals surface area (Å²) in [5.74, 6) is 0. The first-order valence-corrected chi connectivity index (χ1v) is 10.5. The van der Waals surface area contributed by atoms with Gasteiger partial charge in [0.2, 0.25) is 0 Å². The molecule has 0 amide bonds. The number of pyridine rings is 1. The molecule has 5 rings (SSSR count). The Kier molecular flexibility index (Phi) is 4.84. The van der Waals surface area contributed by atoms with Gasteiger partial charge in [0.25, 0.3) is 0 Å². The highest BCUT2D eigenvalue weighted by molar-refractivity contribution is 7.19. The van der Waals surface area contributed by atoms with Crippen LogP contribution in [0.2, 0.25) is 0 Å². The van der Waals surface area contributed by atoms with Crippen LogP contribution in [-0.4, -0.2) is 31.3 Å². The lowest BCUT2D eigenvalue weighted by atomic mass is 10.0. The van der Waals surface area contributed by atoms with E-state index in [-0.39, 0.29) is 5.43 Å². The quantitative estimate of drug-likeness (QED) is 0.494. The van der Waals surface area contributed by atoms with Crippen molar-refractivity contribution < 1.29 is 4.74 Å². The second-order valence-corrected chi connectivity index (χ2v) is 8.12. The van der Waals surface area contributed by atoms with Gasteiger partial charge in [-0.25, -0.2) is 0 Å². The van der Waals surface area contributed by atoms with E-state index < -0.39 is 0 Å². The maximum Gasteiger partial charge on any atom is 0.182 e. The van der Waals surface area contributed by atoms with E-state index in [1.807, 2.05) is 12.3 Å². The van der Waals surface area contributed by atoms with Gasteiger partial charge in [-0.2, -0.15) is 0 Å². The van der Waals surface area contributed by atoms with Crippen LogP contribution in [0, 0.1) is 0 Å². The van der Waals surface area contributed by atoms with Crippen LogP contribution in [0.3, 0.4) is 0 Å². The third-order valence-electron chi connectivity index (χ3n) is 5.19. The van der Waals surface area contributed by atoms with Crippen molar-refractivity contribution in [3.63, 3.8) is 0 Å². The zero-order valence-electron chi connectivity index (χ0n) is 15.9. The van der Waals surface area contributed by atoms with Gasteiger partial charge in [-0.15, -0.1) is 11.3 Å². The Morgan fingerprint density at radius 2 is 1.66 bits per heavy atom. The fraction of sp³-hybridized carbons (Fsp3) is 0.167. The van der Waals surface area contributed by atoms with Crippen LogP contribution in [0.15, 0.2) is 77.7 Å². The number of para-hydroxylation sites is 1. The molecule has 0 radical (unpaired) electrons. The van der Waals surface area contributed by atoms with Gasteiger partial charge in [0.1, 0.15) is 0 Å². The summed E-state index contributed by atoms with van der Waals surface area (Å²) >= 11 is 1.66. The number of nitrogens with zero attached hydrogens (tertiary/aromatic N) is 2. The summed E-state index contributed by atoms with van der Waals surface area (Å²) < 4.78 is 5.43. The van der Waals surface area contributed by atoms with Crippen molar-refractivity contribution in [2.24, 2.45) is 0 Å². The number of morpholine rings is 1. The maximum atomic E-state index is 12.3. The lowest BCUT2D eigenvalue weighted by Gasteiger charge is -2.28. The van der Waals surface area contributed by atoms with Crippen molar-refractivity contribution in [2.45, 2.75) is 0 Å². The van der Waals surface area contributed by atoms with E-state index in [2.05, 4.69) is 58.4 Å². The minimum atomic E-state index is 0.0440. The molecule has 1 saturated heterocycles. The van der Waals surface area contributed by atoms with E-state index in [1.165, 1.54) is 0 Å². The van der Waals surface area contributed by atoms with Crippen molar-refractivity contribution in [3.8, 4) is 21.6 Å². The van der Waals surface area contributed by atoms with Gasteiger partial charge < -0.3 is 9.64 Å². The van der Waals surface area contributed by atoms with Crippen molar-refractivity contribution in [1.82, 2.24) is 4.98 Å². The molecule has 0 spiro atoms. The Balaban J connectivity index is 1.50. The van der Waals surface area contributed by atoms with Crippen LogP contribution in [0.25, 0.3) is 32.5 Å². The molecular formula is C24H20N2O2S. The Morgan fingerprint density at radius 1 is 0.897 bits per heavy atom. The SMILES string of the molecule is O=c1cc(-c2ccc(-c3cccc4cccnc34)cc2)sc(N2CCOCC2)c1. The molecule has 2 aromatic carbocycles. The molecular weight excluding hydrogens is 380 g/mol. The Bertz CT molecular complexity index is 1210. The number of anilines is 1. The molecule has 1 fully saturated rings. The largest absolute Gasteiger partial charge is 0.378 e. The monoisotopic (exact) mass is 400 g/mol. The first-order chi connectivity index (χ1) is 14.3. The zero-order chi connectivity index (χ0) is 19.6. The summed E-state index contributed by atoms with van der Waals surface area (Å²) in [7, 11) is 0. The van der Waals surface area contributed by atoms with E-state index >= 15 is 0 Å². The number of benzene rings is 2. The summed E-state index contributed by atoms with van der Waals surface area (Å²) in [6.45, 7) is 3.07. The number of hydrogen-bond acceptors (Lipinski definition) is 5. The van der Waals surface area contributed by atoms with Crippen molar-refractivity contribution >= 4 is 27.2 Å². The molecule has 1 aliphatic heterocycles. The summed E-state index contributed by atoms with van der Waals surface area (Å²) in [4.78, 5) is 20.1. The minimum absolute atomic E-state index is 0.0440. The number of hydrogen-bond donors (Lipinski definition) is 0. The molecule has 0 atom stereocenters. The van der Waals surface area contributed by atoms with Crippen molar-refractivity contribution in [1.29, 1.82) is 0 Å². The van der Waals surface area contributed by atoms with Gasteiger partial charge in [0, 0.05) is 47.2 Å². The molecule has 0 saturated carbocycles. The Morgan fingerprint density at radius 3 is 2.48 bits per heavy atom. The number of fused-ring (bicyclic) bond motifs is 1. The summed E-state index contributed by atoms with van der Waals surface area (Å²) in [6, 6.07) is 22.1. The standard InChI is InChI=1S/C24H20N2O2S/c27-20-15-22(29-23(16-20)26-11-13-28-14-12-26)18-8-6-17(7-9-18)21-5-1-3-19-4-2-10-25-24(19)21/h1-10,15-16H,11-14H2. The van der Waals surface area contributed by atoms with Gasteiger partial charge in [0.15, 0.2) is 5.43 Å². The predicted molar refractivity (Wildman–Crippen MR) is 120 cm³/mol. The van der Waals surface area contributed by atoms with Crippen LogP contribution in [0.5, 0.6) is 0 Å². The van der Waals surface area contributed by atoms with E-state index in [0.29, 0.717) is 13.2 Å². The van der Waals surface area contributed by atoms with E-state index in [9.17, 15) is 4.79 Å². The highest BCUT2D eigenvalue weighted by atomic mass is 32.1. The second-order valence-electron chi connectivity index (χ2n) is 7.05. The molecule has 4 nitrogen and oxygen atoms in total. The lowest BCUT2D eigenvalue weighted by molar-refractivity contribution is 0.123. The fourth-order valence-corrected chi connectivity index (χ4v) is 4.84. The molecule has 4 aromatic rings. The molecule has 1 aliphatic rings. The molecule has 144 valence electrons. The minimum Gasteiger partial charge on any atom is -0.378 e. The van der Waals surface area contributed by atoms with Crippen molar-refractivity contribution in [2.75, 3.05) is 31.2 Å². The number of ether oxygens (including phenoxy) is 1. The van der Waals surface area contributed by atoms with Gasteiger partial charge >= 0.3 is 0 Å². The molecule has 2 aromatic heterocycles. The normalized spacial score (nSPS) is 14.3. The molecule has 0 unspecified atom stereocenters. The van der Waals surface area contributed by atoms with Crippen molar-refractivity contribution in [3.05, 3.63) is 83.2 Å². The van der Waals surface area contributed by atoms with Gasteiger partial charge in [-0.05, 0) is 17.2 Å². The average molecular weight is 401 g/mol. The van der Waals surface area contributed by atoms with Crippen LogP contribution in [0.1, 0.15) is 0 Å². The average Bonchev–Trinajstić information content (AvgIpc) is 2.79. The third-order valence-corrected chi connectivity index (χ3v) is 6.35. The highest BCUT2D eigenvalue weighted by Crippen LogP contribution is 2.33. The predicted octanol–water partition coefficient (Wildman–Crippen LogP) is 4.83. The molecule has 0 bridgehead atoms. The molecule has 29 heavy (non-hydrogen) atoms. The van der Waals surface area contributed by atoms with Gasteiger partial charge in [-0.1, -0.05) is 48.5 Å². The van der Waals surface area contributed by atoms with Crippen LogP contribution in [-0.2, 0) is 4.74 Å². The topological polar surface area (TPSA) is 42.4 Å². The van der Waals surface area contributed by atoms with Gasteiger partial charge in [-0.3, -0.25) is 9.78 Å². The van der Waals surface area contributed by atoms with Crippen LogP contribution in [0.4, 0.5) is 5.00 Å². The second kappa shape index (κ2) is 7.78. The Labute approximate surface area is 173 Å². The Hall–Kier alpha value is -3.02. The van der Waals surface area contributed by atoms with Crippen LogP contribution < -0.4 is 10.3 Å². The number of rotatable bonds is 3. The highest BCUT2D eigenvalue weighted by Gasteiger charge is 2.14. The van der Waals surface area contributed by atoms with Crippen LogP contribution >= 0.6 is 11.3 Å². The molecule has 3 heterocycles. The third kappa shape index (κ3) is 3.67. The maximum absolute atomic E-state index is 12.3. The molecule has 0 aliphatic carbocycles. The first-order valence-electron chi connectivity index (χ1n) is 9.70. The molecule has 5 heteroatoms. The fourth-order valence-electron chi connectivity index (χ4n) is 3.70. The van der Waals surface area contributed by atoms with Gasteiger partial charge in [0.05, 0.1) is 23.7 Å². The summed E-state index contributed by atoms with van der Waals surface area (Å²) in [6.07, 6.45) is 1.83. The smallest absolute Gasteiger partial charge is 0.182 e. The molecule has 0 N–H and O–H groups in total. The first kappa shape index (κ1) is 18.0. The van der Waals surface area contributed by atoms with E-state index in [4.69, 9.17) is 4.74 Å².